The summed E-state index contributed by atoms with van der Waals surface area (Å²) in [7, 11) is 1.68. The van der Waals surface area contributed by atoms with Crippen LogP contribution in [0.4, 0.5) is 0 Å². The van der Waals surface area contributed by atoms with Crippen LogP contribution in [0.1, 0.15) is 84.6 Å². The van der Waals surface area contributed by atoms with Gasteiger partial charge in [0.05, 0.1) is 20.2 Å². The molecule has 0 radical (unpaired) electrons. The van der Waals surface area contributed by atoms with Crippen molar-refractivity contribution >= 4 is 0 Å². The predicted molar refractivity (Wildman–Crippen MR) is 219 cm³/mol. The minimum Gasteiger partial charge on any atom is -0.508 e. The van der Waals surface area contributed by atoms with Crippen LogP contribution in [0.3, 0.4) is 0 Å². The van der Waals surface area contributed by atoms with Gasteiger partial charge in [0.25, 0.3) is 0 Å². The van der Waals surface area contributed by atoms with Gasteiger partial charge < -0.3 is 9.84 Å². The number of benzene rings is 4. The fourth-order valence-corrected chi connectivity index (χ4v) is 6.53. The number of phenolic OH excluding ortho intramolecular Hbond substituents is 1. The first-order valence-corrected chi connectivity index (χ1v) is 19.5. The van der Waals surface area contributed by atoms with Crippen LogP contribution in [0.25, 0.3) is 0 Å². The number of aromatic hydroxyl groups is 1. The largest absolute Gasteiger partial charge is 0.508 e. The van der Waals surface area contributed by atoms with Crippen LogP contribution in [0.15, 0.2) is 107 Å². The summed E-state index contributed by atoms with van der Waals surface area (Å²) in [6.45, 7) is 10.7. The van der Waals surface area contributed by atoms with Crippen LogP contribution in [0.2, 0.25) is 0 Å². The fraction of sp³-hybridized carbons (Fsp3) is 0.378. The Labute approximate surface area is 324 Å². The second-order valence-corrected chi connectivity index (χ2v) is 14.2. The number of aromatic nitrogens is 6. The van der Waals surface area contributed by atoms with Gasteiger partial charge in [-0.25, -0.2) is 19.0 Å². The van der Waals surface area contributed by atoms with E-state index in [9.17, 15) is 14.7 Å². The SMILES string of the molecule is CCCn1c(CCCc2ccc(O)cc2)nn(Cc2ccc(C)cc2)c1=O.CCCn1c(CCCc2ccc(OC)cc2)nn(Cc2ccc(C)cc2)c1=O. The second kappa shape index (κ2) is 20.2. The van der Waals surface area contributed by atoms with Crippen molar-refractivity contribution in [3.05, 3.63) is 163 Å². The van der Waals surface area contributed by atoms with Crippen molar-refractivity contribution in [2.45, 2.75) is 105 Å². The van der Waals surface area contributed by atoms with Gasteiger partial charge in [0.1, 0.15) is 23.1 Å². The van der Waals surface area contributed by atoms with E-state index >= 15 is 0 Å². The zero-order valence-corrected chi connectivity index (χ0v) is 33.1. The fourth-order valence-electron chi connectivity index (χ4n) is 6.53. The predicted octanol–water partition coefficient (Wildman–Crippen LogP) is 7.69. The molecule has 0 aliphatic rings. The van der Waals surface area contributed by atoms with Gasteiger partial charge in [-0.1, -0.05) is 97.8 Å². The van der Waals surface area contributed by atoms with Crippen molar-refractivity contribution in [1.29, 1.82) is 0 Å². The van der Waals surface area contributed by atoms with Gasteiger partial charge in [-0.05, 0) is 98.9 Å². The van der Waals surface area contributed by atoms with Crippen molar-refractivity contribution in [2.24, 2.45) is 0 Å². The third-order valence-electron chi connectivity index (χ3n) is 9.63. The first-order chi connectivity index (χ1) is 26.7. The first kappa shape index (κ1) is 40.5. The number of ether oxygens (including phenoxy) is 1. The smallest absolute Gasteiger partial charge is 0.346 e. The molecule has 0 aliphatic carbocycles. The Morgan fingerprint density at radius 1 is 0.545 bits per heavy atom. The molecule has 290 valence electrons. The number of phenols is 1. The van der Waals surface area contributed by atoms with E-state index in [1.54, 1.807) is 28.6 Å². The molecule has 0 atom stereocenters. The van der Waals surface area contributed by atoms with Gasteiger partial charge in [0, 0.05) is 25.9 Å². The molecule has 10 heteroatoms. The van der Waals surface area contributed by atoms with E-state index in [0.717, 1.165) is 79.9 Å². The summed E-state index contributed by atoms with van der Waals surface area (Å²) in [5.74, 6) is 2.89. The maximum absolute atomic E-state index is 12.8. The molecule has 0 bridgehead atoms. The number of methoxy groups -OCH3 is 1. The Bertz CT molecular complexity index is 2180. The van der Waals surface area contributed by atoms with Crippen molar-refractivity contribution in [3.8, 4) is 11.5 Å². The lowest BCUT2D eigenvalue weighted by molar-refractivity contribution is 0.414. The maximum atomic E-state index is 12.8. The molecule has 10 nitrogen and oxygen atoms in total. The van der Waals surface area contributed by atoms with Gasteiger partial charge in [-0.3, -0.25) is 9.13 Å². The van der Waals surface area contributed by atoms with Crippen molar-refractivity contribution in [2.75, 3.05) is 7.11 Å². The minimum absolute atomic E-state index is 0.0122. The Kier molecular flexibility index (Phi) is 14.9. The monoisotopic (exact) mass is 744 g/mol. The molecule has 0 aliphatic heterocycles. The molecule has 0 saturated heterocycles. The van der Waals surface area contributed by atoms with Crippen LogP contribution in [-0.4, -0.2) is 40.9 Å². The zero-order chi connectivity index (χ0) is 39.2. The van der Waals surface area contributed by atoms with Crippen LogP contribution >= 0.6 is 0 Å². The Morgan fingerprint density at radius 3 is 1.31 bits per heavy atom. The normalized spacial score (nSPS) is 11.0. The van der Waals surface area contributed by atoms with E-state index in [2.05, 4.69) is 86.4 Å². The highest BCUT2D eigenvalue weighted by Gasteiger charge is 2.14. The summed E-state index contributed by atoms with van der Waals surface area (Å²) in [6.07, 6.45) is 7.09. The van der Waals surface area contributed by atoms with E-state index < -0.39 is 0 Å². The highest BCUT2D eigenvalue weighted by molar-refractivity contribution is 5.28. The third-order valence-corrected chi connectivity index (χ3v) is 9.63. The van der Waals surface area contributed by atoms with Crippen molar-refractivity contribution in [1.82, 2.24) is 28.7 Å². The zero-order valence-electron chi connectivity index (χ0n) is 33.1. The molecule has 0 fully saturated rings. The van der Waals surface area contributed by atoms with Gasteiger partial charge in [0.15, 0.2) is 0 Å². The van der Waals surface area contributed by atoms with Crippen LogP contribution in [-0.2, 0) is 51.9 Å². The summed E-state index contributed by atoms with van der Waals surface area (Å²) < 4.78 is 12.0. The van der Waals surface area contributed by atoms with E-state index in [1.807, 2.05) is 45.5 Å². The summed E-state index contributed by atoms with van der Waals surface area (Å²) in [6, 6.07) is 31.9. The molecule has 6 aromatic rings. The number of nitrogens with zero attached hydrogens (tertiary/aromatic N) is 6. The Hall–Kier alpha value is -5.64. The molecule has 0 unspecified atom stereocenters. The van der Waals surface area contributed by atoms with Crippen LogP contribution < -0.4 is 16.1 Å². The molecule has 4 aromatic carbocycles. The van der Waals surface area contributed by atoms with Gasteiger partial charge in [-0.2, -0.15) is 10.2 Å². The molecule has 0 saturated carbocycles. The lowest BCUT2D eigenvalue weighted by Crippen LogP contribution is -2.26. The van der Waals surface area contributed by atoms with Gasteiger partial charge >= 0.3 is 11.4 Å². The van der Waals surface area contributed by atoms with E-state index in [0.29, 0.717) is 26.2 Å². The molecule has 0 spiro atoms. The summed E-state index contributed by atoms with van der Waals surface area (Å²) in [5.41, 5.74) is 7.00. The number of hydrogen-bond acceptors (Lipinski definition) is 6. The second-order valence-electron chi connectivity index (χ2n) is 14.2. The average molecular weight is 745 g/mol. The summed E-state index contributed by atoms with van der Waals surface area (Å²) in [4.78, 5) is 25.6. The quantitative estimate of drug-likeness (QED) is 0.103. The molecule has 55 heavy (non-hydrogen) atoms. The average Bonchev–Trinajstić information content (AvgIpc) is 3.64. The molecule has 1 N–H and O–H groups in total. The standard InChI is InChI=1S/C23H29N3O2.C22H27N3O2/c1-4-16-25-22(7-5-6-19-12-14-21(28-3)15-13-19)24-26(23(25)27)17-20-10-8-18(2)9-11-20;1-3-15-24-21(6-4-5-18-11-13-20(26)14-12-18)23-25(22(24)27)16-19-9-7-17(2)8-10-19/h8-15H,4-7,16-17H2,1-3H3;7-14,26H,3-6,15-16H2,1-2H3. The molecule has 6 rings (SSSR count). The van der Waals surface area contributed by atoms with Crippen molar-refractivity contribution < 1.29 is 9.84 Å². The van der Waals surface area contributed by atoms with E-state index in [1.165, 1.54) is 22.3 Å². The van der Waals surface area contributed by atoms with Gasteiger partial charge in [-0.15, -0.1) is 0 Å². The highest BCUT2D eigenvalue weighted by atomic mass is 16.5. The van der Waals surface area contributed by atoms with E-state index in [4.69, 9.17) is 4.74 Å². The topological polar surface area (TPSA) is 109 Å². The molecule has 0 amide bonds. The van der Waals surface area contributed by atoms with Crippen molar-refractivity contribution in [3.63, 3.8) is 0 Å². The minimum atomic E-state index is -0.0305. The maximum Gasteiger partial charge on any atom is 0.346 e. The Morgan fingerprint density at radius 2 is 0.927 bits per heavy atom. The summed E-state index contributed by atoms with van der Waals surface area (Å²) >= 11 is 0. The molecular formula is C45H56N6O4. The van der Waals surface area contributed by atoms with Gasteiger partial charge in [0.2, 0.25) is 0 Å². The van der Waals surface area contributed by atoms with Crippen LogP contribution in [0, 0.1) is 13.8 Å². The lowest BCUT2D eigenvalue weighted by Gasteiger charge is -2.05. The highest BCUT2D eigenvalue weighted by Crippen LogP contribution is 2.15. The number of hydrogen-bond donors (Lipinski definition) is 1. The lowest BCUT2D eigenvalue weighted by atomic mass is 10.1. The molecule has 2 aromatic heterocycles. The third kappa shape index (κ3) is 11.7. The number of aryl methyl sites for hydroxylation is 6. The van der Waals surface area contributed by atoms with E-state index in [-0.39, 0.29) is 17.1 Å². The first-order valence-electron chi connectivity index (χ1n) is 19.5. The molecular weight excluding hydrogens is 689 g/mol. The summed E-state index contributed by atoms with van der Waals surface area (Å²) in [5, 5.41) is 18.6. The Balaban J connectivity index is 0.000000211. The molecule has 2 heterocycles. The number of rotatable bonds is 17. The van der Waals surface area contributed by atoms with Crippen LogP contribution in [0.5, 0.6) is 11.5 Å².